The van der Waals surface area contributed by atoms with Crippen LogP contribution in [0, 0.1) is 23.7 Å². The molecule has 0 saturated heterocycles. The van der Waals surface area contributed by atoms with Gasteiger partial charge in [-0.15, -0.1) is 6.58 Å². The average molecular weight is 861 g/mol. The molecule has 1 amide bonds. The van der Waals surface area contributed by atoms with Crippen LogP contribution in [0.25, 0.3) is 11.1 Å². The molecule has 3 aromatic rings. The molecule has 6 atom stereocenters. The van der Waals surface area contributed by atoms with Crippen molar-refractivity contribution in [3.8, 4) is 28.4 Å². The van der Waals surface area contributed by atoms with Crippen molar-refractivity contribution in [1.29, 1.82) is 0 Å². The van der Waals surface area contributed by atoms with E-state index in [1.807, 2.05) is 63.2 Å². The predicted octanol–water partition coefficient (Wildman–Crippen LogP) is 11.8. The Morgan fingerprint density at radius 2 is 1.62 bits per heavy atom. The second kappa shape index (κ2) is 21.5. The van der Waals surface area contributed by atoms with Crippen LogP contribution in [0.3, 0.4) is 0 Å². The first-order valence-electron chi connectivity index (χ1n) is 24.0. The number of oxime groups is 1. The van der Waals surface area contributed by atoms with E-state index in [0.717, 1.165) is 84.4 Å². The summed E-state index contributed by atoms with van der Waals surface area (Å²) in [5.41, 5.74) is 4.63. The number of aliphatic hydroxyl groups is 2. The number of amides is 1. The van der Waals surface area contributed by atoms with Crippen molar-refractivity contribution >= 4 is 11.6 Å². The molecule has 0 unspecified atom stereocenters. The van der Waals surface area contributed by atoms with Crippen molar-refractivity contribution in [3.05, 3.63) is 103 Å². The highest BCUT2D eigenvalue weighted by atomic mass is 16.7. The van der Waals surface area contributed by atoms with Crippen LogP contribution in [0.1, 0.15) is 129 Å². The molecule has 2 N–H and O–H groups in total. The van der Waals surface area contributed by atoms with Gasteiger partial charge in [-0.05, 0) is 124 Å². The molecule has 3 aliphatic carbocycles. The van der Waals surface area contributed by atoms with Crippen LogP contribution in [0.2, 0.25) is 0 Å². The molecule has 1 aliphatic heterocycles. The number of fused-ring (bicyclic) bond motifs is 2. The normalized spacial score (nSPS) is 24.8. The number of carbonyl (C=O) groups excluding carboxylic acids is 1. The Bertz CT molecular complexity index is 2020. The van der Waals surface area contributed by atoms with Gasteiger partial charge in [0.15, 0.2) is 0 Å². The molecule has 63 heavy (non-hydrogen) atoms. The van der Waals surface area contributed by atoms with E-state index in [-0.39, 0.29) is 49.4 Å². The van der Waals surface area contributed by atoms with Gasteiger partial charge in [0.05, 0.1) is 18.2 Å². The van der Waals surface area contributed by atoms with Gasteiger partial charge in [-0.3, -0.25) is 4.79 Å². The molecule has 4 aliphatic rings. The van der Waals surface area contributed by atoms with E-state index in [1.165, 1.54) is 25.7 Å². The van der Waals surface area contributed by atoms with Gasteiger partial charge in [-0.2, -0.15) is 0 Å². The van der Waals surface area contributed by atoms with Crippen molar-refractivity contribution in [3.63, 3.8) is 0 Å². The first-order chi connectivity index (χ1) is 30.6. The van der Waals surface area contributed by atoms with Crippen molar-refractivity contribution in [2.75, 3.05) is 26.4 Å². The maximum Gasteiger partial charge on any atom is 0.239 e. The fourth-order valence-electron chi connectivity index (χ4n) is 10.9. The minimum atomic E-state index is -1.27. The summed E-state index contributed by atoms with van der Waals surface area (Å²) in [6, 6.07) is 24.2. The van der Waals surface area contributed by atoms with Gasteiger partial charge in [0.25, 0.3) is 0 Å². The Morgan fingerprint density at radius 3 is 2.30 bits per heavy atom. The Balaban J connectivity index is 1.38. The zero-order chi connectivity index (χ0) is 44.4. The lowest BCUT2D eigenvalue weighted by atomic mass is 9.55. The molecule has 2 fully saturated rings. The average Bonchev–Trinajstić information content (AvgIpc) is 3.82. The molecule has 3 aromatic carbocycles. The molecular formula is C54H72N2O7. The van der Waals surface area contributed by atoms with Crippen LogP contribution in [0.5, 0.6) is 17.2 Å². The van der Waals surface area contributed by atoms with E-state index in [2.05, 4.69) is 54.8 Å². The van der Waals surface area contributed by atoms with Crippen molar-refractivity contribution in [2.45, 2.75) is 141 Å². The molecule has 0 bridgehead atoms. The van der Waals surface area contributed by atoms with Gasteiger partial charge < -0.3 is 34.2 Å². The number of allylic oxidation sites excluding steroid dienone is 1. The van der Waals surface area contributed by atoms with Crippen LogP contribution in [0.15, 0.2) is 102 Å². The molecule has 9 nitrogen and oxygen atoms in total. The first-order valence-corrected chi connectivity index (χ1v) is 24.0. The Kier molecular flexibility index (Phi) is 15.9. The molecule has 1 heterocycles. The van der Waals surface area contributed by atoms with Gasteiger partial charge in [-0.25, -0.2) is 0 Å². The van der Waals surface area contributed by atoms with Crippen LogP contribution < -0.4 is 9.47 Å². The summed E-state index contributed by atoms with van der Waals surface area (Å²) in [7, 11) is 0. The van der Waals surface area contributed by atoms with Crippen LogP contribution in [0.4, 0.5) is 0 Å². The zero-order valence-corrected chi connectivity index (χ0v) is 38.3. The van der Waals surface area contributed by atoms with Crippen LogP contribution >= 0.6 is 0 Å². The molecule has 7 rings (SSSR count). The minimum absolute atomic E-state index is 0.125. The van der Waals surface area contributed by atoms with E-state index in [1.54, 1.807) is 6.08 Å². The summed E-state index contributed by atoms with van der Waals surface area (Å²) in [6.07, 6.45) is 16.5. The SMILES string of the molecule is C=CCO[C@@]12Oc3ccc(Oc4ccc(-c5ccccc5)cc4)cc3[C@H]3[C@H](CCCCO)[C@@H](CCCCO)C=C(C(=NOC(C)(C)C)C[C@@H]1N(CCC)C(=O)CCC1CCCC1)[C@H]32. The highest BCUT2D eigenvalue weighted by Gasteiger charge is 2.65. The molecular weight excluding hydrogens is 789 g/mol. The van der Waals surface area contributed by atoms with E-state index in [9.17, 15) is 15.0 Å². The van der Waals surface area contributed by atoms with Gasteiger partial charge in [0, 0.05) is 44.1 Å². The van der Waals surface area contributed by atoms with Gasteiger partial charge >= 0.3 is 0 Å². The summed E-state index contributed by atoms with van der Waals surface area (Å²) >= 11 is 0. The number of hydrogen-bond donors (Lipinski definition) is 2. The number of nitrogens with zero attached hydrogens (tertiary/aromatic N) is 2. The lowest BCUT2D eigenvalue weighted by Gasteiger charge is -2.60. The van der Waals surface area contributed by atoms with Crippen molar-refractivity contribution in [1.82, 2.24) is 4.90 Å². The number of rotatable bonds is 21. The van der Waals surface area contributed by atoms with E-state index >= 15 is 0 Å². The third kappa shape index (κ3) is 10.9. The summed E-state index contributed by atoms with van der Waals surface area (Å²) in [5.74, 6) is 1.39. The van der Waals surface area contributed by atoms with Crippen molar-refractivity contribution in [2.24, 2.45) is 28.8 Å². The molecule has 0 radical (unpaired) electrons. The third-order valence-corrected chi connectivity index (χ3v) is 13.7. The summed E-state index contributed by atoms with van der Waals surface area (Å²) in [6.45, 7) is 13.3. The largest absolute Gasteiger partial charge is 0.459 e. The monoisotopic (exact) mass is 861 g/mol. The first kappa shape index (κ1) is 46.5. The van der Waals surface area contributed by atoms with E-state index in [4.69, 9.17) is 24.2 Å². The number of benzene rings is 3. The summed E-state index contributed by atoms with van der Waals surface area (Å²) < 4.78 is 21.3. The molecule has 0 spiro atoms. The predicted molar refractivity (Wildman–Crippen MR) is 251 cm³/mol. The van der Waals surface area contributed by atoms with Crippen molar-refractivity contribution < 1.29 is 34.1 Å². The summed E-state index contributed by atoms with van der Waals surface area (Å²) in [5, 5.41) is 25.0. The number of aliphatic hydroxyl groups excluding tert-OH is 2. The fourth-order valence-corrected chi connectivity index (χ4v) is 10.9. The Hall–Kier alpha value is -4.44. The van der Waals surface area contributed by atoms with Crippen LogP contribution in [-0.4, -0.2) is 70.5 Å². The highest BCUT2D eigenvalue weighted by Crippen LogP contribution is 2.62. The topological polar surface area (TPSA) is 110 Å². The van der Waals surface area contributed by atoms with Gasteiger partial charge in [0.1, 0.15) is 28.9 Å². The molecule has 9 heteroatoms. The number of ether oxygens (including phenoxy) is 3. The maximum atomic E-state index is 14.8. The Morgan fingerprint density at radius 1 is 0.921 bits per heavy atom. The molecule has 2 saturated carbocycles. The fraction of sp³-hybridized carbons (Fsp3) is 0.556. The molecule has 340 valence electrons. The zero-order valence-electron chi connectivity index (χ0n) is 38.3. The van der Waals surface area contributed by atoms with Gasteiger partial charge in [0.2, 0.25) is 11.7 Å². The Labute approximate surface area is 376 Å². The van der Waals surface area contributed by atoms with E-state index in [0.29, 0.717) is 37.5 Å². The van der Waals surface area contributed by atoms with Gasteiger partial charge in [-0.1, -0.05) is 105 Å². The molecule has 0 aromatic heterocycles. The third-order valence-electron chi connectivity index (χ3n) is 13.7. The standard InChI is InChI=1S/C54H72N2O7/c1-6-31-56(50(59)30-23-38-17-11-12-18-38)49-37-47(55-63-53(3,4)5)45-35-41(21-13-15-32-57)44(22-14-16-33-58)51-46-36-43(28-29-48(46)62-54(49,52(45)51)60-34-7-2)61-42-26-24-40(25-27-42)39-19-9-8-10-20-39/h7-10,19-20,24-29,35-36,38,41,44,49,51-52,57-58H,2,6,11-18,21-23,30-34,37H2,1,3-5H3/t41-,44+,49-,51+,52+,54+/m0/s1. The minimum Gasteiger partial charge on any atom is -0.459 e. The number of unbranched alkanes of at least 4 members (excludes halogenated alkanes) is 2. The second-order valence-electron chi connectivity index (χ2n) is 19.2. The van der Waals surface area contributed by atoms with E-state index < -0.39 is 17.4 Å². The second-order valence-corrected chi connectivity index (χ2v) is 19.2. The van der Waals surface area contributed by atoms with Crippen LogP contribution in [-0.2, 0) is 14.4 Å². The quantitative estimate of drug-likeness (QED) is 0.0623. The number of carbonyl (C=O) groups is 1. The number of hydrogen-bond acceptors (Lipinski definition) is 8. The maximum absolute atomic E-state index is 14.8. The summed E-state index contributed by atoms with van der Waals surface area (Å²) in [4.78, 5) is 23.2. The lowest BCUT2D eigenvalue weighted by Crippen LogP contribution is -2.70. The lowest BCUT2D eigenvalue weighted by molar-refractivity contribution is -0.257. The smallest absolute Gasteiger partial charge is 0.239 e. The highest BCUT2D eigenvalue weighted by molar-refractivity contribution is 6.03.